The summed E-state index contributed by atoms with van der Waals surface area (Å²) >= 11 is 0. The van der Waals surface area contributed by atoms with Crippen molar-refractivity contribution in [2.24, 2.45) is 5.92 Å². The smallest absolute Gasteiger partial charge is 0.169 e. The van der Waals surface area contributed by atoms with Crippen molar-refractivity contribution in [1.29, 1.82) is 0 Å². The largest absolute Gasteiger partial charge is 0.205 e. The van der Waals surface area contributed by atoms with E-state index in [0.717, 1.165) is 12.5 Å². The molecular weight excluding hydrogens is 256 g/mol. The predicted octanol–water partition coefficient (Wildman–Crippen LogP) is 3.30. The van der Waals surface area contributed by atoms with Crippen LogP contribution in [0.4, 0.5) is 0 Å². The van der Waals surface area contributed by atoms with Crippen molar-refractivity contribution in [2.75, 3.05) is 0 Å². The minimum absolute atomic E-state index is 0.858. The lowest BCUT2D eigenvalue weighted by Crippen LogP contribution is -2.36. The number of hydrogen-bond acceptors (Lipinski definition) is 0. The highest BCUT2D eigenvalue weighted by Gasteiger charge is 2.19. The van der Waals surface area contributed by atoms with Crippen molar-refractivity contribution in [3.8, 4) is 11.1 Å². The molecule has 2 aromatic rings. The van der Waals surface area contributed by atoms with Gasteiger partial charge in [-0.3, -0.25) is 0 Å². The first-order valence-corrected chi connectivity index (χ1v) is 7.94. The Morgan fingerprint density at radius 3 is 1.95 bits per heavy atom. The van der Waals surface area contributed by atoms with Gasteiger partial charge in [0.25, 0.3) is 0 Å². The van der Waals surface area contributed by atoms with E-state index < -0.39 is 0 Å². The van der Waals surface area contributed by atoms with E-state index in [9.17, 15) is 0 Å². The average molecular weight is 280 g/mol. The van der Waals surface area contributed by atoms with Gasteiger partial charge < -0.3 is 0 Å². The lowest BCUT2D eigenvalue weighted by Gasteiger charge is -2.05. The summed E-state index contributed by atoms with van der Waals surface area (Å²) in [5.74, 6) is 0.885. The van der Waals surface area contributed by atoms with Crippen molar-refractivity contribution < 1.29 is 9.13 Å². The molecule has 108 valence electrons. The third kappa shape index (κ3) is 3.57. The van der Waals surface area contributed by atoms with Gasteiger partial charge in [-0.25, -0.2) is 9.13 Å². The molecule has 2 heterocycles. The van der Waals surface area contributed by atoms with Gasteiger partial charge in [0, 0.05) is 30.2 Å². The maximum absolute atomic E-state index is 3.76. The fraction of sp³-hybridized carbons (Fsp3) is 0.368. The fourth-order valence-electron chi connectivity index (χ4n) is 3.18. The lowest BCUT2D eigenvalue weighted by atomic mass is 10.1. The van der Waals surface area contributed by atoms with E-state index in [4.69, 9.17) is 0 Å². The van der Waals surface area contributed by atoms with Gasteiger partial charge in [-0.1, -0.05) is 19.4 Å². The Kier molecular flexibility index (Phi) is 4.44. The molecule has 2 aromatic heterocycles. The standard InChI is InChI=1S/C19H24N2/c1-2-11-20-12-7-18(8-13-20)19-9-14-21(15-10-19)16-17-5-3-4-6-17/h2,7-10,12-15,17H,1,3-6,11,16H2/q+2. The third-order valence-electron chi connectivity index (χ3n) is 4.40. The first-order valence-electron chi connectivity index (χ1n) is 7.94. The zero-order chi connectivity index (χ0) is 14.5. The third-order valence-corrected chi connectivity index (χ3v) is 4.40. The molecular formula is C19H24N2+2. The van der Waals surface area contributed by atoms with E-state index in [1.54, 1.807) is 0 Å². The Morgan fingerprint density at radius 2 is 1.43 bits per heavy atom. The molecule has 0 aromatic carbocycles. The van der Waals surface area contributed by atoms with Crippen LogP contribution >= 0.6 is 0 Å². The van der Waals surface area contributed by atoms with Gasteiger partial charge >= 0.3 is 0 Å². The Bertz CT molecular complexity index is 578. The summed E-state index contributed by atoms with van der Waals surface area (Å²) in [4.78, 5) is 0. The Morgan fingerprint density at radius 1 is 0.905 bits per heavy atom. The van der Waals surface area contributed by atoms with Crippen LogP contribution < -0.4 is 9.13 Å². The van der Waals surface area contributed by atoms with E-state index in [-0.39, 0.29) is 0 Å². The summed E-state index contributed by atoms with van der Waals surface area (Å²) in [6.07, 6.45) is 16.2. The molecule has 0 unspecified atom stereocenters. The van der Waals surface area contributed by atoms with Crippen molar-refractivity contribution >= 4 is 0 Å². The molecule has 1 saturated carbocycles. The number of nitrogens with zero attached hydrogens (tertiary/aromatic N) is 2. The molecule has 21 heavy (non-hydrogen) atoms. The SMILES string of the molecule is C=CC[n+]1ccc(-c2cc[n+](CC3CCCC3)cc2)cc1. The highest BCUT2D eigenvalue weighted by Crippen LogP contribution is 2.24. The molecule has 2 nitrogen and oxygen atoms in total. The predicted molar refractivity (Wildman–Crippen MR) is 84.4 cm³/mol. The van der Waals surface area contributed by atoms with E-state index in [1.807, 2.05) is 6.08 Å². The molecule has 1 aliphatic rings. The number of rotatable bonds is 5. The first-order chi connectivity index (χ1) is 10.3. The minimum atomic E-state index is 0.858. The van der Waals surface area contributed by atoms with Gasteiger partial charge in [-0.2, -0.15) is 0 Å². The van der Waals surface area contributed by atoms with E-state index in [0.29, 0.717) is 0 Å². The second kappa shape index (κ2) is 6.66. The molecule has 0 bridgehead atoms. The Labute approximate surface area is 127 Å². The Balaban J connectivity index is 1.69. The number of pyridine rings is 2. The topological polar surface area (TPSA) is 7.76 Å². The minimum Gasteiger partial charge on any atom is -0.205 e. The van der Waals surface area contributed by atoms with E-state index >= 15 is 0 Å². The summed E-state index contributed by atoms with van der Waals surface area (Å²) in [6.45, 7) is 5.80. The summed E-state index contributed by atoms with van der Waals surface area (Å²) < 4.78 is 4.46. The molecule has 0 N–H and O–H groups in total. The van der Waals surface area contributed by atoms with Gasteiger partial charge in [-0.05, 0) is 30.0 Å². The van der Waals surface area contributed by atoms with Gasteiger partial charge in [0.15, 0.2) is 37.9 Å². The zero-order valence-corrected chi connectivity index (χ0v) is 12.6. The second-order valence-electron chi connectivity index (χ2n) is 6.01. The van der Waals surface area contributed by atoms with Crippen LogP contribution in [0, 0.1) is 5.92 Å². The van der Waals surface area contributed by atoms with Crippen LogP contribution in [0.5, 0.6) is 0 Å². The van der Waals surface area contributed by atoms with Gasteiger partial charge in [0.05, 0.1) is 0 Å². The van der Waals surface area contributed by atoms with Crippen molar-refractivity contribution in [3.05, 3.63) is 61.7 Å². The highest BCUT2D eigenvalue weighted by molar-refractivity contribution is 5.60. The van der Waals surface area contributed by atoms with Gasteiger partial charge in [-0.15, -0.1) is 0 Å². The summed E-state index contributed by atoms with van der Waals surface area (Å²) in [6, 6.07) is 8.78. The fourth-order valence-corrected chi connectivity index (χ4v) is 3.18. The molecule has 3 rings (SSSR count). The first kappa shape index (κ1) is 14.0. The molecule has 0 amide bonds. The van der Waals surface area contributed by atoms with Gasteiger partial charge in [0.2, 0.25) is 0 Å². The molecule has 0 aliphatic heterocycles. The summed E-state index contributed by atoms with van der Waals surface area (Å²) in [5, 5.41) is 0. The molecule has 2 heteroatoms. The molecule has 0 spiro atoms. The average Bonchev–Trinajstić information content (AvgIpc) is 3.02. The van der Waals surface area contributed by atoms with Crippen LogP contribution in [0.2, 0.25) is 0 Å². The van der Waals surface area contributed by atoms with E-state index in [1.165, 1.54) is 43.4 Å². The maximum atomic E-state index is 3.76. The summed E-state index contributed by atoms with van der Waals surface area (Å²) in [7, 11) is 0. The van der Waals surface area contributed by atoms with Crippen LogP contribution in [-0.4, -0.2) is 0 Å². The number of hydrogen-bond donors (Lipinski definition) is 0. The zero-order valence-electron chi connectivity index (χ0n) is 12.6. The van der Waals surface area contributed by atoms with E-state index in [2.05, 4.69) is 64.8 Å². The quantitative estimate of drug-likeness (QED) is 0.586. The number of allylic oxidation sites excluding steroid dienone is 1. The second-order valence-corrected chi connectivity index (χ2v) is 6.01. The van der Waals surface area contributed by atoms with Crippen LogP contribution in [-0.2, 0) is 13.1 Å². The monoisotopic (exact) mass is 280 g/mol. The highest BCUT2D eigenvalue weighted by atomic mass is 14.9. The van der Waals surface area contributed by atoms with Crippen LogP contribution in [0.3, 0.4) is 0 Å². The van der Waals surface area contributed by atoms with Gasteiger partial charge in [0.1, 0.15) is 0 Å². The van der Waals surface area contributed by atoms with Crippen molar-refractivity contribution in [2.45, 2.75) is 38.8 Å². The van der Waals surface area contributed by atoms with Crippen molar-refractivity contribution in [3.63, 3.8) is 0 Å². The summed E-state index contributed by atoms with van der Waals surface area (Å²) in [5.41, 5.74) is 2.55. The maximum Gasteiger partial charge on any atom is 0.169 e. The molecule has 0 radical (unpaired) electrons. The van der Waals surface area contributed by atoms with Crippen molar-refractivity contribution in [1.82, 2.24) is 0 Å². The van der Waals surface area contributed by atoms with Crippen LogP contribution in [0.1, 0.15) is 25.7 Å². The normalized spacial score (nSPS) is 15.2. The molecule has 1 aliphatic carbocycles. The Hall–Kier alpha value is -1.96. The molecule has 0 saturated heterocycles. The van der Waals surface area contributed by atoms with Crippen LogP contribution in [0.15, 0.2) is 61.7 Å². The molecule has 0 atom stereocenters. The number of aromatic nitrogens is 2. The molecule has 1 fully saturated rings. The lowest BCUT2D eigenvalue weighted by molar-refractivity contribution is -0.703. The van der Waals surface area contributed by atoms with Crippen LogP contribution in [0.25, 0.3) is 11.1 Å².